The van der Waals surface area contributed by atoms with Crippen LogP contribution in [0.2, 0.25) is 5.02 Å². The fourth-order valence-electron chi connectivity index (χ4n) is 4.04. The maximum absolute atomic E-state index is 15.6. The Hall–Kier alpha value is -3.04. The van der Waals surface area contributed by atoms with E-state index < -0.39 is 27.9 Å². The van der Waals surface area contributed by atoms with Gasteiger partial charge in [0.05, 0.1) is 27.9 Å². The largest absolute Gasteiger partial charge is 0.392 e. The number of nitrogens with zero attached hydrogens (tertiary/aromatic N) is 2. The molecule has 0 aliphatic heterocycles. The van der Waals surface area contributed by atoms with E-state index in [0.29, 0.717) is 33.2 Å². The smallest absolute Gasteiger partial charge is 0.175 e. The van der Waals surface area contributed by atoms with Crippen molar-refractivity contribution in [1.29, 1.82) is 0 Å². The number of halogens is 2. The molecule has 9 heteroatoms. The van der Waals surface area contributed by atoms with Gasteiger partial charge in [0.2, 0.25) is 0 Å². The van der Waals surface area contributed by atoms with E-state index in [1.807, 2.05) is 19.1 Å². The van der Waals surface area contributed by atoms with Gasteiger partial charge in [0.25, 0.3) is 0 Å². The molecule has 0 atom stereocenters. The summed E-state index contributed by atoms with van der Waals surface area (Å²) in [5, 5.41) is 20.5. The Morgan fingerprint density at radius 3 is 2.33 bits per heavy atom. The number of aromatic nitrogens is 2. The second-order valence-corrected chi connectivity index (χ2v) is 11.6. The summed E-state index contributed by atoms with van der Waals surface area (Å²) in [6.45, 7) is 4.64. The molecule has 0 aliphatic carbocycles. The van der Waals surface area contributed by atoms with Crippen LogP contribution in [0.1, 0.15) is 30.7 Å². The van der Waals surface area contributed by atoms with Crippen molar-refractivity contribution < 1.29 is 23.0 Å². The Labute approximate surface area is 214 Å². The number of sulfone groups is 1. The highest BCUT2D eigenvalue weighted by Gasteiger charge is 2.25. The van der Waals surface area contributed by atoms with E-state index in [1.165, 1.54) is 18.2 Å². The van der Waals surface area contributed by atoms with Crippen molar-refractivity contribution in [2.75, 3.05) is 6.26 Å². The number of aliphatic hydroxyl groups excluding tert-OH is 1. The molecule has 0 fully saturated rings. The highest BCUT2D eigenvalue weighted by Crippen LogP contribution is 2.36. The van der Waals surface area contributed by atoms with E-state index in [1.54, 1.807) is 48.9 Å². The van der Waals surface area contributed by atoms with Crippen molar-refractivity contribution in [3.8, 4) is 28.2 Å². The number of rotatable bonds is 6. The topological polar surface area (TPSA) is 92.4 Å². The summed E-state index contributed by atoms with van der Waals surface area (Å²) in [5.41, 5.74) is 1.94. The van der Waals surface area contributed by atoms with Gasteiger partial charge in [-0.25, -0.2) is 17.8 Å². The predicted octanol–water partition coefficient (Wildman–Crippen LogP) is 5.43. The molecule has 4 aromatic rings. The molecule has 3 aromatic carbocycles. The molecule has 0 spiro atoms. The zero-order chi connectivity index (χ0) is 26.4. The second-order valence-electron chi connectivity index (χ2n) is 9.23. The minimum absolute atomic E-state index is 0.00658. The number of aryl methyl sites for hydroxylation is 1. The molecule has 0 bridgehead atoms. The molecule has 0 aliphatic rings. The van der Waals surface area contributed by atoms with Crippen molar-refractivity contribution >= 4 is 21.4 Å². The van der Waals surface area contributed by atoms with Gasteiger partial charge in [-0.15, -0.1) is 0 Å². The summed E-state index contributed by atoms with van der Waals surface area (Å²) in [7, 11) is -3.60. The summed E-state index contributed by atoms with van der Waals surface area (Å²) in [6, 6.07) is 14.5. The molecule has 0 radical (unpaired) electrons. The molecule has 4 rings (SSSR count). The zero-order valence-electron chi connectivity index (χ0n) is 20.3. The maximum Gasteiger partial charge on any atom is 0.175 e. The van der Waals surface area contributed by atoms with Crippen LogP contribution < -0.4 is 0 Å². The third-order valence-corrected chi connectivity index (χ3v) is 7.45. The first-order valence-corrected chi connectivity index (χ1v) is 13.4. The summed E-state index contributed by atoms with van der Waals surface area (Å²) >= 11 is 6.49. The quantitative estimate of drug-likeness (QED) is 0.348. The standard InChI is InChI=1S/C27H26ClFN2O4S/c1-16-6-5-7-20(28)25(16)26-30-24(27(2,3)33)14-31(26)22-11-10-17(12-21(22)29)18-8-9-19(15-32)23(13-18)36(4,34)35/h5-14,32-33H,15H2,1-4H3. The first-order chi connectivity index (χ1) is 16.8. The molecule has 1 aromatic heterocycles. The SMILES string of the molecule is Cc1cccc(Cl)c1-c1nc(C(C)(C)O)cn1-c1ccc(-c2ccc(CO)c(S(C)(=O)=O)c2)cc1F. The summed E-state index contributed by atoms with van der Waals surface area (Å²) in [5.74, 6) is -0.196. The van der Waals surface area contributed by atoms with Gasteiger partial charge in [0.1, 0.15) is 17.2 Å². The van der Waals surface area contributed by atoms with E-state index in [2.05, 4.69) is 4.98 Å². The highest BCUT2D eigenvalue weighted by atomic mass is 35.5. The number of aliphatic hydroxyl groups is 2. The first-order valence-electron chi connectivity index (χ1n) is 11.1. The Morgan fingerprint density at radius 1 is 1.08 bits per heavy atom. The average molecular weight is 529 g/mol. The van der Waals surface area contributed by atoms with Crippen molar-refractivity contribution in [3.05, 3.63) is 88.5 Å². The lowest BCUT2D eigenvalue weighted by molar-refractivity contribution is 0.0743. The van der Waals surface area contributed by atoms with Crippen molar-refractivity contribution in [2.45, 2.75) is 37.9 Å². The third kappa shape index (κ3) is 4.95. The van der Waals surface area contributed by atoms with Crippen LogP contribution in [-0.4, -0.2) is 34.4 Å². The van der Waals surface area contributed by atoms with Crippen molar-refractivity contribution in [3.63, 3.8) is 0 Å². The Kier molecular flexibility index (Phi) is 6.83. The van der Waals surface area contributed by atoms with Crippen LogP contribution >= 0.6 is 11.6 Å². The lowest BCUT2D eigenvalue weighted by Crippen LogP contribution is -2.15. The van der Waals surface area contributed by atoms with Gasteiger partial charge in [-0.2, -0.15) is 0 Å². The molecule has 2 N–H and O–H groups in total. The molecule has 0 unspecified atom stereocenters. The minimum Gasteiger partial charge on any atom is -0.392 e. The lowest BCUT2D eigenvalue weighted by atomic mass is 10.0. The predicted molar refractivity (Wildman–Crippen MR) is 138 cm³/mol. The molecular formula is C27H26ClFN2O4S. The Morgan fingerprint density at radius 2 is 1.75 bits per heavy atom. The van der Waals surface area contributed by atoms with Gasteiger partial charge >= 0.3 is 0 Å². The van der Waals surface area contributed by atoms with Crippen LogP contribution in [0.3, 0.4) is 0 Å². The lowest BCUT2D eigenvalue weighted by Gasteiger charge is -2.14. The van der Waals surface area contributed by atoms with Gasteiger partial charge in [0.15, 0.2) is 9.84 Å². The van der Waals surface area contributed by atoms with Gasteiger partial charge in [-0.3, -0.25) is 4.57 Å². The van der Waals surface area contributed by atoms with E-state index in [-0.39, 0.29) is 16.1 Å². The van der Waals surface area contributed by atoms with Crippen LogP contribution in [0.4, 0.5) is 4.39 Å². The van der Waals surface area contributed by atoms with Gasteiger partial charge in [-0.05, 0) is 67.3 Å². The minimum atomic E-state index is -3.60. The monoisotopic (exact) mass is 528 g/mol. The highest BCUT2D eigenvalue weighted by molar-refractivity contribution is 7.90. The average Bonchev–Trinajstić information content (AvgIpc) is 3.23. The fraction of sp³-hybridized carbons (Fsp3) is 0.222. The maximum atomic E-state index is 15.6. The van der Waals surface area contributed by atoms with Crippen LogP contribution in [0.5, 0.6) is 0 Å². The van der Waals surface area contributed by atoms with Crippen LogP contribution in [0, 0.1) is 12.7 Å². The number of hydrogen-bond donors (Lipinski definition) is 2. The molecule has 36 heavy (non-hydrogen) atoms. The number of imidazole rings is 1. The van der Waals surface area contributed by atoms with Gasteiger partial charge in [0, 0.05) is 18.0 Å². The van der Waals surface area contributed by atoms with E-state index in [4.69, 9.17) is 11.6 Å². The Balaban J connectivity index is 1.88. The van der Waals surface area contributed by atoms with Gasteiger partial charge < -0.3 is 10.2 Å². The fourth-order valence-corrected chi connectivity index (χ4v) is 5.30. The normalized spacial score (nSPS) is 12.2. The second kappa shape index (κ2) is 9.44. The Bertz CT molecular complexity index is 1550. The van der Waals surface area contributed by atoms with Crippen LogP contribution in [0.15, 0.2) is 65.7 Å². The van der Waals surface area contributed by atoms with Crippen LogP contribution in [-0.2, 0) is 22.0 Å². The molecule has 0 amide bonds. The van der Waals surface area contributed by atoms with E-state index in [9.17, 15) is 18.6 Å². The van der Waals surface area contributed by atoms with Crippen molar-refractivity contribution in [1.82, 2.24) is 9.55 Å². The molecule has 0 saturated heterocycles. The zero-order valence-corrected chi connectivity index (χ0v) is 21.8. The summed E-state index contributed by atoms with van der Waals surface area (Å²) < 4.78 is 41.5. The molecular weight excluding hydrogens is 503 g/mol. The van der Waals surface area contributed by atoms with E-state index in [0.717, 1.165) is 11.8 Å². The molecule has 6 nitrogen and oxygen atoms in total. The summed E-state index contributed by atoms with van der Waals surface area (Å²) in [4.78, 5) is 4.59. The number of hydrogen-bond acceptors (Lipinski definition) is 5. The van der Waals surface area contributed by atoms with Crippen LogP contribution in [0.25, 0.3) is 28.2 Å². The third-order valence-electron chi connectivity index (χ3n) is 5.96. The molecule has 1 heterocycles. The summed E-state index contributed by atoms with van der Waals surface area (Å²) in [6.07, 6.45) is 2.64. The molecule has 188 valence electrons. The first kappa shape index (κ1) is 26.0. The number of benzene rings is 3. The molecule has 0 saturated carbocycles. The van der Waals surface area contributed by atoms with E-state index >= 15 is 4.39 Å². The van der Waals surface area contributed by atoms with Crippen molar-refractivity contribution in [2.24, 2.45) is 0 Å². The van der Waals surface area contributed by atoms with Gasteiger partial charge in [-0.1, -0.05) is 41.9 Å².